The molecule has 6 nitrogen and oxygen atoms in total. The van der Waals surface area contributed by atoms with Crippen LogP contribution < -0.4 is 5.32 Å². The van der Waals surface area contributed by atoms with E-state index in [0.29, 0.717) is 0 Å². The van der Waals surface area contributed by atoms with E-state index in [1.54, 1.807) is 0 Å². The summed E-state index contributed by atoms with van der Waals surface area (Å²) in [5.41, 5.74) is -0.492. The molecule has 2 aromatic rings. The van der Waals surface area contributed by atoms with Crippen LogP contribution >= 0.6 is 23.2 Å². The summed E-state index contributed by atoms with van der Waals surface area (Å²) in [5, 5.41) is 12.9. The van der Waals surface area contributed by atoms with E-state index in [1.165, 1.54) is 18.2 Å². The number of benzene rings is 1. The molecule has 0 saturated heterocycles. The molecule has 0 saturated carbocycles. The van der Waals surface area contributed by atoms with E-state index in [-0.39, 0.29) is 21.6 Å². The third-order valence-corrected chi connectivity index (χ3v) is 2.81. The lowest BCUT2D eigenvalue weighted by Crippen LogP contribution is -2.12. The predicted molar refractivity (Wildman–Crippen MR) is 75.3 cm³/mol. The Kier molecular flexibility index (Phi) is 4.35. The molecule has 0 aliphatic carbocycles. The van der Waals surface area contributed by atoms with Gasteiger partial charge in [0.15, 0.2) is 0 Å². The molecule has 0 spiro atoms. The highest BCUT2D eigenvalue weighted by molar-refractivity contribution is 6.33. The number of anilines is 1. The fourth-order valence-electron chi connectivity index (χ4n) is 1.53. The van der Waals surface area contributed by atoms with Crippen LogP contribution in [-0.4, -0.2) is 15.8 Å². The molecular weight excluding hydrogens is 324 g/mol. The van der Waals surface area contributed by atoms with Gasteiger partial charge in [-0.15, -0.1) is 0 Å². The lowest BCUT2D eigenvalue weighted by molar-refractivity contribution is -0.387. The van der Waals surface area contributed by atoms with Gasteiger partial charge in [-0.05, 0) is 18.2 Å². The van der Waals surface area contributed by atoms with Gasteiger partial charge >= 0.3 is 5.69 Å². The summed E-state index contributed by atoms with van der Waals surface area (Å²) in [5.74, 6) is -1.65. The third-order valence-electron chi connectivity index (χ3n) is 2.43. The van der Waals surface area contributed by atoms with Crippen molar-refractivity contribution in [2.24, 2.45) is 0 Å². The number of nitrogens with one attached hydrogen (secondary N) is 1. The van der Waals surface area contributed by atoms with Crippen molar-refractivity contribution in [2.45, 2.75) is 0 Å². The number of carbonyl (C=O) groups excluding carboxylic acids is 1. The van der Waals surface area contributed by atoms with Gasteiger partial charge in [-0.2, -0.15) is 4.39 Å². The number of hydrogen-bond donors (Lipinski definition) is 1. The maximum atomic E-state index is 13.4. The summed E-state index contributed by atoms with van der Waals surface area (Å²) in [6, 6.07) is 5.58. The van der Waals surface area contributed by atoms with Crippen LogP contribution in [0.15, 0.2) is 30.3 Å². The maximum Gasteiger partial charge on any atom is 0.304 e. The monoisotopic (exact) mass is 329 g/mol. The van der Waals surface area contributed by atoms with Crippen LogP contribution in [-0.2, 0) is 0 Å². The molecule has 0 atom stereocenters. The standard InChI is InChI=1S/C12H6Cl2FN3O3/c13-10-3-6(4-11(14)17-10)12(19)16-7-1-2-9(18(20)21)8(15)5-7/h1-5H,(H,16,19). The first kappa shape index (κ1) is 15.1. The highest BCUT2D eigenvalue weighted by Gasteiger charge is 2.15. The topological polar surface area (TPSA) is 85.1 Å². The van der Waals surface area contributed by atoms with Gasteiger partial charge in [-0.25, -0.2) is 4.98 Å². The minimum absolute atomic E-state index is 0.0301. The van der Waals surface area contributed by atoms with Gasteiger partial charge in [-0.1, -0.05) is 23.2 Å². The van der Waals surface area contributed by atoms with Crippen molar-refractivity contribution in [1.82, 2.24) is 4.98 Å². The molecular formula is C12H6Cl2FN3O3. The minimum Gasteiger partial charge on any atom is -0.322 e. The molecule has 1 aromatic carbocycles. The van der Waals surface area contributed by atoms with Crippen molar-refractivity contribution >= 4 is 40.5 Å². The Labute approximate surface area is 127 Å². The summed E-state index contributed by atoms with van der Waals surface area (Å²) in [7, 11) is 0. The van der Waals surface area contributed by atoms with Gasteiger partial charge in [-0.3, -0.25) is 14.9 Å². The number of hydrogen-bond acceptors (Lipinski definition) is 4. The summed E-state index contributed by atoms with van der Waals surface area (Å²) in [6.07, 6.45) is 0. The van der Waals surface area contributed by atoms with Crippen LogP contribution in [0.4, 0.5) is 15.8 Å². The van der Waals surface area contributed by atoms with Crippen LogP contribution in [0, 0.1) is 15.9 Å². The zero-order chi connectivity index (χ0) is 15.6. The van der Waals surface area contributed by atoms with Crippen molar-refractivity contribution in [3.05, 3.63) is 62.1 Å². The van der Waals surface area contributed by atoms with Crippen LogP contribution in [0.25, 0.3) is 0 Å². The second-order valence-corrected chi connectivity index (χ2v) is 4.65. The first-order valence-electron chi connectivity index (χ1n) is 5.45. The Bertz CT molecular complexity index is 719. The molecule has 21 heavy (non-hydrogen) atoms. The fraction of sp³-hybridized carbons (Fsp3) is 0. The molecule has 0 bridgehead atoms. The second-order valence-electron chi connectivity index (χ2n) is 3.88. The maximum absolute atomic E-state index is 13.4. The molecule has 0 aliphatic heterocycles. The lowest BCUT2D eigenvalue weighted by atomic mass is 10.2. The summed E-state index contributed by atoms with van der Waals surface area (Å²) < 4.78 is 13.4. The number of rotatable bonds is 3. The molecule has 1 N–H and O–H groups in total. The van der Waals surface area contributed by atoms with E-state index in [1.807, 2.05) is 0 Å². The van der Waals surface area contributed by atoms with Crippen LogP contribution in [0.1, 0.15) is 10.4 Å². The SMILES string of the molecule is O=C(Nc1ccc([N+](=O)[O-])c(F)c1)c1cc(Cl)nc(Cl)c1. The van der Waals surface area contributed by atoms with Gasteiger partial charge in [0.2, 0.25) is 5.82 Å². The average molecular weight is 330 g/mol. The van der Waals surface area contributed by atoms with Crippen LogP contribution in [0.2, 0.25) is 10.3 Å². The molecule has 0 unspecified atom stereocenters. The largest absolute Gasteiger partial charge is 0.322 e. The number of nitro benzene ring substituents is 1. The van der Waals surface area contributed by atoms with Crippen molar-refractivity contribution in [3.8, 4) is 0 Å². The summed E-state index contributed by atoms with van der Waals surface area (Å²) >= 11 is 11.3. The number of amides is 1. The number of nitrogens with zero attached hydrogens (tertiary/aromatic N) is 2. The third kappa shape index (κ3) is 3.65. The number of aromatic nitrogens is 1. The fourth-order valence-corrected chi connectivity index (χ4v) is 1.99. The van der Waals surface area contributed by atoms with Crippen molar-refractivity contribution in [3.63, 3.8) is 0 Å². The number of halogens is 3. The first-order valence-corrected chi connectivity index (χ1v) is 6.21. The minimum atomic E-state index is -1.05. The number of pyridine rings is 1. The van der Waals surface area contributed by atoms with E-state index >= 15 is 0 Å². The quantitative estimate of drug-likeness (QED) is 0.528. The molecule has 9 heteroatoms. The van der Waals surface area contributed by atoms with E-state index in [4.69, 9.17) is 23.2 Å². The smallest absolute Gasteiger partial charge is 0.304 e. The van der Waals surface area contributed by atoms with Crippen molar-refractivity contribution < 1.29 is 14.1 Å². The molecule has 2 rings (SSSR count). The molecule has 0 fully saturated rings. The van der Waals surface area contributed by atoms with Gasteiger partial charge in [0.05, 0.1) is 4.92 Å². The average Bonchev–Trinajstić information content (AvgIpc) is 2.37. The molecule has 1 heterocycles. The summed E-state index contributed by atoms with van der Waals surface area (Å²) in [6.45, 7) is 0. The van der Waals surface area contributed by atoms with E-state index < -0.39 is 22.3 Å². The predicted octanol–water partition coefficient (Wildman–Crippen LogP) is 3.69. The van der Waals surface area contributed by atoms with E-state index in [0.717, 1.165) is 12.1 Å². The van der Waals surface area contributed by atoms with Crippen LogP contribution in [0.3, 0.4) is 0 Å². The van der Waals surface area contributed by atoms with Crippen molar-refractivity contribution in [2.75, 3.05) is 5.32 Å². The lowest BCUT2D eigenvalue weighted by Gasteiger charge is -2.06. The normalized spacial score (nSPS) is 10.2. The van der Waals surface area contributed by atoms with E-state index in [9.17, 15) is 19.3 Å². The van der Waals surface area contributed by atoms with E-state index in [2.05, 4.69) is 10.3 Å². The molecule has 0 radical (unpaired) electrons. The molecule has 1 aromatic heterocycles. The Morgan fingerprint density at radius 1 is 1.24 bits per heavy atom. The number of nitro groups is 1. The van der Waals surface area contributed by atoms with Crippen molar-refractivity contribution in [1.29, 1.82) is 0 Å². The second kappa shape index (κ2) is 6.02. The van der Waals surface area contributed by atoms with Gasteiger partial charge < -0.3 is 5.32 Å². The Morgan fingerprint density at radius 2 is 1.86 bits per heavy atom. The number of carbonyl (C=O) groups is 1. The highest BCUT2D eigenvalue weighted by atomic mass is 35.5. The first-order chi connectivity index (χ1) is 9.86. The van der Waals surface area contributed by atoms with Gasteiger partial charge in [0.25, 0.3) is 5.91 Å². The Hall–Kier alpha value is -2.25. The zero-order valence-electron chi connectivity index (χ0n) is 10.1. The Morgan fingerprint density at radius 3 is 2.38 bits per heavy atom. The summed E-state index contributed by atoms with van der Waals surface area (Å²) in [4.78, 5) is 25.3. The van der Waals surface area contributed by atoms with Gasteiger partial charge in [0.1, 0.15) is 10.3 Å². The van der Waals surface area contributed by atoms with Crippen LogP contribution in [0.5, 0.6) is 0 Å². The highest BCUT2D eigenvalue weighted by Crippen LogP contribution is 2.22. The zero-order valence-corrected chi connectivity index (χ0v) is 11.7. The molecule has 1 amide bonds. The Balaban J connectivity index is 2.23. The van der Waals surface area contributed by atoms with Gasteiger partial charge in [0, 0.05) is 23.4 Å². The molecule has 0 aliphatic rings. The molecule has 108 valence electrons.